The summed E-state index contributed by atoms with van der Waals surface area (Å²) in [6, 6.07) is 8.11. The van der Waals surface area contributed by atoms with E-state index in [9.17, 15) is 0 Å². The molecule has 0 bridgehead atoms. The van der Waals surface area contributed by atoms with Gasteiger partial charge in [0.25, 0.3) is 0 Å². The first-order valence-corrected chi connectivity index (χ1v) is 6.83. The molecule has 2 heterocycles. The quantitative estimate of drug-likeness (QED) is 0.743. The number of rotatable bonds is 5. The van der Waals surface area contributed by atoms with E-state index < -0.39 is 0 Å². The molecule has 102 valence electrons. The van der Waals surface area contributed by atoms with Gasteiger partial charge in [0.05, 0.1) is 6.54 Å². The number of H-pyrrole nitrogens is 1. The van der Waals surface area contributed by atoms with Gasteiger partial charge in [0.2, 0.25) is 0 Å². The number of aromatic amines is 1. The normalized spacial score (nSPS) is 10.7. The fourth-order valence-electron chi connectivity index (χ4n) is 1.66. The molecule has 0 spiro atoms. The van der Waals surface area contributed by atoms with Crippen LogP contribution < -0.4 is 5.32 Å². The number of anilines is 1. The van der Waals surface area contributed by atoms with Crippen molar-refractivity contribution in [2.75, 3.05) is 5.32 Å². The predicted octanol–water partition coefficient (Wildman–Crippen LogP) is 1.70. The van der Waals surface area contributed by atoms with Gasteiger partial charge in [-0.15, -0.1) is 5.10 Å². The van der Waals surface area contributed by atoms with Gasteiger partial charge in [-0.25, -0.2) is 4.98 Å². The molecular formula is C12H13N7S. The van der Waals surface area contributed by atoms with Crippen LogP contribution in [0.1, 0.15) is 5.69 Å². The number of nitrogens with zero attached hydrogens (tertiary/aromatic N) is 5. The van der Waals surface area contributed by atoms with E-state index in [1.165, 1.54) is 18.1 Å². The molecule has 0 aliphatic heterocycles. The standard InChI is InChI=1S/C12H13N7S/c1-19-7-10(16-18-19)6-13-9-2-4-11(5-3-9)20-12-14-8-15-17-12/h2-5,7-8,13H,6H2,1H3,(H,14,15,17). The molecule has 2 aromatic heterocycles. The summed E-state index contributed by atoms with van der Waals surface area (Å²) in [5, 5.41) is 18.6. The maximum atomic E-state index is 4.08. The molecule has 0 amide bonds. The maximum Gasteiger partial charge on any atom is 0.188 e. The molecule has 0 fully saturated rings. The molecule has 0 atom stereocenters. The van der Waals surface area contributed by atoms with E-state index in [4.69, 9.17) is 0 Å². The monoisotopic (exact) mass is 287 g/mol. The Kier molecular flexibility index (Phi) is 3.64. The van der Waals surface area contributed by atoms with Gasteiger partial charge in [0, 0.05) is 23.8 Å². The van der Waals surface area contributed by atoms with E-state index >= 15 is 0 Å². The number of benzene rings is 1. The summed E-state index contributed by atoms with van der Waals surface area (Å²) in [6.45, 7) is 0.655. The summed E-state index contributed by atoms with van der Waals surface area (Å²) in [5.41, 5.74) is 1.95. The van der Waals surface area contributed by atoms with Gasteiger partial charge in [-0.3, -0.25) is 9.78 Å². The molecule has 0 saturated heterocycles. The first kappa shape index (κ1) is 12.7. The molecule has 3 aromatic rings. The van der Waals surface area contributed by atoms with Crippen LogP contribution >= 0.6 is 11.8 Å². The van der Waals surface area contributed by atoms with Crippen LogP contribution in [0.2, 0.25) is 0 Å². The van der Waals surface area contributed by atoms with E-state index in [1.54, 1.807) is 4.68 Å². The third-order valence-corrected chi connectivity index (χ3v) is 3.48. The molecule has 0 radical (unpaired) electrons. The van der Waals surface area contributed by atoms with Crippen molar-refractivity contribution in [3.63, 3.8) is 0 Å². The van der Waals surface area contributed by atoms with Crippen LogP contribution in [0.4, 0.5) is 5.69 Å². The van der Waals surface area contributed by atoms with Gasteiger partial charge in [-0.05, 0) is 24.3 Å². The van der Waals surface area contributed by atoms with E-state index in [0.29, 0.717) is 6.54 Å². The largest absolute Gasteiger partial charge is 0.379 e. The average Bonchev–Trinajstić information content (AvgIpc) is 3.10. The molecule has 3 rings (SSSR count). The van der Waals surface area contributed by atoms with Crippen molar-refractivity contribution in [3.05, 3.63) is 42.5 Å². The second-order valence-electron chi connectivity index (χ2n) is 4.15. The molecule has 7 nitrogen and oxygen atoms in total. The van der Waals surface area contributed by atoms with E-state index in [0.717, 1.165) is 21.4 Å². The van der Waals surface area contributed by atoms with Gasteiger partial charge in [0.15, 0.2) is 5.16 Å². The Morgan fingerprint density at radius 1 is 1.30 bits per heavy atom. The summed E-state index contributed by atoms with van der Waals surface area (Å²) >= 11 is 1.54. The highest BCUT2D eigenvalue weighted by molar-refractivity contribution is 7.99. The molecule has 0 unspecified atom stereocenters. The second kappa shape index (κ2) is 5.74. The molecular weight excluding hydrogens is 274 g/mol. The Bertz CT molecular complexity index is 659. The zero-order valence-corrected chi connectivity index (χ0v) is 11.6. The molecule has 0 saturated carbocycles. The van der Waals surface area contributed by atoms with Gasteiger partial charge in [0.1, 0.15) is 12.0 Å². The van der Waals surface area contributed by atoms with Crippen molar-refractivity contribution >= 4 is 17.4 Å². The maximum absolute atomic E-state index is 4.08. The van der Waals surface area contributed by atoms with Gasteiger partial charge >= 0.3 is 0 Å². The van der Waals surface area contributed by atoms with Gasteiger partial charge in [-0.1, -0.05) is 17.0 Å². The van der Waals surface area contributed by atoms with Crippen molar-refractivity contribution in [2.24, 2.45) is 7.05 Å². The Morgan fingerprint density at radius 3 is 2.80 bits per heavy atom. The Balaban J connectivity index is 1.58. The summed E-state index contributed by atoms with van der Waals surface area (Å²) < 4.78 is 1.69. The van der Waals surface area contributed by atoms with Crippen LogP contribution in [0.25, 0.3) is 0 Å². The number of hydrogen-bond acceptors (Lipinski definition) is 6. The van der Waals surface area contributed by atoms with E-state index in [1.807, 2.05) is 37.5 Å². The Morgan fingerprint density at radius 2 is 2.15 bits per heavy atom. The lowest BCUT2D eigenvalue weighted by Crippen LogP contribution is -1.99. The number of nitrogens with one attached hydrogen (secondary N) is 2. The van der Waals surface area contributed by atoms with Crippen molar-refractivity contribution in [1.29, 1.82) is 0 Å². The second-order valence-corrected chi connectivity index (χ2v) is 5.22. The van der Waals surface area contributed by atoms with Crippen molar-refractivity contribution in [3.8, 4) is 0 Å². The third kappa shape index (κ3) is 3.15. The molecule has 20 heavy (non-hydrogen) atoms. The molecule has 8 heteroatoms. The van der Waals surface area contributed by atoms with Crippen molar-refractivity contribution in [2.45, 2.75) is 16.6 Å². The lowest BCUT2D eigenvalue weighted by Gasteiger charge is -2.04. The lowest BCUT2D eigenvalue weighted by atomic mass is 10.3. The first-order valence-electron chi connectivity index (χ1n) is 6.02. The fraction of sp³-hybridized carbons (Fsp3) is 0.167. The van der Waals surface area contributed by atoms with Crippen LogP contribution in [0.5, 0.6) is 0 Å². The summed E-state index contributed by atoms with van der Waals surface area (Å²) in [7, 11) is 1.85. The third-order valence-electron chi connectivity index (χ3n) is 2.59. The van der Waals surface area contributed by atoms with E-state index in [2.05, 4.69) is 30.8 Å². The van der Waals surface area contributed by atoms with Crippen LogP contribution in [0, 0.1) is 0 Å². The molecule has 2 N–H and O–H groups in total. The van der Waals surface area contributed by atoms with Crippen LogP contribution in [-0.4, -0.2) is 30.2 Å². The first-order chi connectivity index (χ1) is 9.79. The topological polar surface area (TPSA) is 84.3 Å². The Labute approximate surface area is 119 Å². The number of aryl methyl sites for hydroxylation is 1. The summed E-state index contributed by atoms with van der Waals surface area (Å²) in [5.74, 6) is 0. The van der Waals surface area contributed by atoms with Crippen molar-refractivity contribution in [1.82, 2.24) is 30.2 Å². The lowest BCUT2D eigenvalue weighted by molar-refractivity contribution is 0.713. The van der Waals surface area contributed by atoms with Crippen LogP contribution in [0.15, 0.2) is 46.8 Å². The smallest absolute Gasteiger partial charge is 0.188 e. The minimum absolute atomic E-state index is 0.655. The fourth-order valence-corrected chi connectivity index (χ4v) is 2.36. The van der Waals surface area contributed by atoms with Gasteiger partial charge < -0.3 is 5.32 Å². The van der Waals surface area contributed by atoms with Crippen LogP contribution in [-0.2, 0) is 13.6 Å². The molecule has 0 aliphatic carbocycles. The zero-order valence-electron chi connectivity index (χ0n) is 10.8. The van der Waals surface area contributed by atoms with Gasteiger partial charge in [-0.2, -0.15) is 5.10 Å². The van der Waals surface area contributed by atoms with Crippen LogP contribution in [0.3, 0.4) is 0 Å². The van der Waals surface area contributed by atoms with Crippen molar-refractivity contribution < 1.29 is 0 Å². The SMILES string of the molecule is Cn1cc(CNc2ccc(Sc3ncn[nH]3)cc2)nn1. The summed E-state index contributed by atoms with van der Waals surface area (Å²) in [6.07, 6.45) is 3.39. The zero-order chi connectivity index (χ0) is 13.8. The minimum atomic E-state index is 0.655. The molecule has 0 aliphatic rings. The van der Waals surface area contributed by atoms with E-state index in [-0.39, 0.29) is 0 Å². The highest BCUT2D eigenvalue weighted by atomic mass is 32.2. The highest BCUT2D eigenvalue weighted by Gasteiger charge is 2.01. The highest BCUT2D eigenvalue weighted by Crippen LogP contribution is 2.25. The number of aromatic nitrogens is 6. The minimum Gasteiger partial charge on any atom is -0.379 e. The average molecular weight is 287 g/mol. The Hall–Kier alpha value is -2.35. The molecule has 1 aromatic carbocycles. The number of hydrogen-bond donors (Lipinski definition) is 2. The predicted molar refractivity (Wildman–Crippen MR) is 75.3 cm³/mol. The summed E-state index contributed by atoms with van der Waals surface area (Å²) in [4.78, 5) is 5.18.